The summed E-state index contributed by atoms with van der Waals surface area (Å²) in [6, 6.07) is 40.2. The third kappa shape index (κ3) is 4.03. The quantitative estimate of drug-likeness (QED) is 0.247. The van der Waals surface area contributed by atoms with Crippen molar-refractivity contribution in [2.75, 3.05) is 0 Å². The first-order valence-corrected chi connectivity index (χ1v) is 13.9. The molecule has 0 aliphatic rings. The normalized spacial score (nSPS) is 12.5. The number of hydrogen-bond donors (Lipinski definition) is 0. The van der Waals surface area contributed by atoms with Crippen LogP contribution in [0.2, 0.25) is 0 Å². The minimum Gasteiger partial charge on any atom is -0.203 e. The van der Waals surface area contributed by atoms with E-state index in [1.165, 1.54) is 0 Å². The van der Waals surface area contributed by atoms with Gasteiger partial charge in [-0.2, -0.15) is 8.42 Å². The van der Waals surface area contributed by atoms with Crippen LogP contribution in [0.3, 0.4) is 0 Å². The molecule has 0 spiro atoms. The zero-order valence-corrected chi connectivity index (χ0v) is 20.3. The van der Waals surface area contributed by atoms with Crippen LogP contribution in [0.4, 0.5) is 0 Å². The number of aryl methyl sites for hydroxylation is 1. The van der Waals surface area contributed by atoms with Gasteiger partial charge in [0.25, 0.3) is 0 Å². The van der Waals surface area contributed by atoms with Gasteiger partial charge in [-0.15, -0.1) is 0 Å². The Balaban J connectivity index is 1.86. The zero-order valence-electron chi connectivity index (χ0n) is 18.7. The molecular formula is C29H24O3S2. The van der Waals surface area contributed by atoms with Gasteiger partial charge < -0.3 is 0 Å². The lowest BCUT2D eigenvalue weighted by atomic mass is 10.1. The molecule has 0 radical (unpaired) electrons. The van der Waals surface area contributed by atoms with E-state index >= 15 is 0 Å². The molecule has 0 heterocycles. The fourth-order valence-corrected chi connectivity index (χ4v) is 9.46. The van der Waals surface area contributed by atoms with Gasteiger partial charge in [-0.3, -0.25) is 0 Å². The van der Waals surface area contributed by atoms with Crippen molar-refractivity contribution in [3.63, 3.8) is 0 Å². The lowest BCUT2D eigenvalue weighted by molar-refractivity contribution is 0.508. The van der Waals surface area contributed by atoms with Crippen LogP contribution in [0.15, 0.2) is 147 Å². The molecule has 5 aromatic carbocycles. The molecule has 5 rings (SSSR count). The Morgan fingerprint density at radius 1 is 0.529 bits per heavy atom. The Morgan fingerprint density at radius 2 is 1.06 bits per heavy atom. The first kappa shape index (κ1) is 22.4. The molecule has 0 bridgehead atoms. The van der Waals surface area contributed by atoms with Crippen molar-refractivity contribution in [1.29, 1.82) is 0 Å². The fourth-order valence-electron chi connectivity index (χ4n) is 4.05. The van der Waals surface area contributed by atoms with Crippen molar-refractivity contribution in [2.24, 2.45) is 0 Å². The SMILES string of the molecule is Cc1ccc(S(=O)(=O)OS(c2ccccc2)(c2ccccc2)c2cccc3ccccc23)cc1. The molecular weight excluding hydrogens is 460 g/mol. The van der Waals surface area contributed by atoms with Crippen LogP contribution < -0.4 is 0 Å². The summed E-state index contributed by atoms with van der Waals surface area (Å²) in [4.78, 5) is 2.61. The predicted molar refractivity (Wildman–Crippen MR) is 139 cm³/mol. The molecule has 0 unspecified atom stereocenters. The maximum absolute atomic E-state index is 13.8. The molecule has 0 aliphatic carbocycles. The molecule has 0 aromatic heterocycles. The standard InChI is InChI=1S/C29H24O3S2/c1-23-19-21-27(22-20-23)34(30,31)32-33(25-13-4-2-5-14-25,26-15-6-3-7-16-26)29-18-10-12-24-11-8-9-17-28(24)29/h2-22H,1H3. The van der Waals surface area contributed by atoms with Gasteiger partial charge in [0.15, 0.2) is 0 Å². The van der Waals surface area contributed by atoms with Gasteiger partial charge >= 0.3 is 10.1 Å². The van der Waals surface area contributed by atoms with Crippen LogP contribution in [0.5, 0.6) is 0 Å². The summed E-state index contributed by atoms with van der Waals surface area (Å²) < 4.78 is 34.1. The number of fused-ring (bicyclic) bond motifs is 1. The van der Waals surface area contributed by atoms with E-state index in [9.17, 15) is 8.42 Å². The lowest BCUT2D eigenvalue weighted by Gasteiger charge is -2.40. The minimum atomic E-state index is -4.11. The second-order valence-electron chi connectivity index (χ2n) is 7.99. The average Bonchev–Trinajstić information content (AvgIpc) is 2.88. The van der Waals surface area contributed by atoms with Crippen LogP contribution in [0.25, 0.3) is 10.8 Å². The van der Waals surface area contributed by atoms with Gasteiger partial charge in [0.05, 0.1) is 4.90 Å². The first-order chi connectivity index (χ1) is 16.5. The van der Waals surface area contributed by atoms with Crippen LogP contribution in [-0.4, -0.2) is 8.42 Å². The van der Waals surface area contributed by atoms with E-state index in [0.29, 0.717) is 0 Å². The molecule has 0 N–H and O–H groups in total. The van der Waals surface area contributed by atoms with E-state index in [-0.39, 0.29) is 4.90 Å². The Morgan fingerprint density at radius 3 is 1.68 bits per heavy atom. The molecule has 5 heteroatoms. The highest BCUT2D eigenvalue weighted by Crippen LogP contribution is 2.71. The van der Waals surface area contributed by atoms with E-state index in [1.54, 1.807) is 24.3 Å². The number of rotatable bonds is 6. The summed E-state index contributed by atoms with van der Waals surface area (Å²) in [5, 5.41) is 1.99. The van der Waals surface area contributed by atoms with Gasteiger partial charge in [0.2, 0.25) is 0 Å². The summed E-state index contributed by atoms with van der Waals surface area (Å²) in [5.41, 5.74) is 0.984. The lowest BCUT2D eigenvalue weighted by Crippen LogP contribution is -2.15. The average molecular weight is 485 g/mol. The van der Waals surface area contributed by atoms with Gasteiger partial charge in [-0.05, 0) is 70.5 Å². The van der Waals surface area contributed by atoms with Crippen LogP contribution in [0, 0.1) is 6.92 Å². The van der Waals surface area contributed by atoms with E-state index in [4.69, 9.17) is 3.63 Å². The Kier molecular flexibility index (Phi) is 6.00. The maximum Gasteiger partial charge on any atom is 0.307 e. The van der Waals surface area contributed by atoms with Crippen LogP contribution in [-0.2, 0) is 13.7 Å². The van der Waals surface area contributed by atoms with Gasteiger partial charge in [-0.1, -0.05) is 90.5 Å². The number of hydrogen-bond acceptors (Lipinski definition) is 3. The summed E-state index contributed by atoms with van der Waals surface area (Å²) >= 11 is 0. The summed E-state index contributed by atoms with van der Waals surface area (Å²) in [7, 11) is -6.77. The molecule has 0 atom stereocenters. The van der Waals surface area contributed by atoms with E-state index in [0.717, 1.165) is 31.0 Å². The summed E-state index contributed by atoms with van der Waals surface area (Å²) in [6.07, 6.45) is 0. The largest absolute Gasteiger partial charge is 0.307 e. The van der Waals surface area contributed by atoms with Crippen LogP contribution in [0.1, 0.15) is 5.56 Å². The van der Waals surface area contributed by atoms with Gasteiger partial charge in [0, 0.05) is 14.7 Å². The zero-order chi connectivity index (χ0) is 23.6. The molecule has 0 saturated carbocycles. The van der Waals surface area contributed by atoms with Crippen molar-refractivity contribution in [1.82, 2.24) is 0 Å². The van der Waals surface area contributed by atoms with Gasteiger partial charge in [-0.25, -0.2) is 3.63 Å². The summed E-state index contributed by atoms with van der Waals surface area (Å²) in [5.74, 6) is 0. The maximum atomic E-state index is 13.8. The molecule has 5 aromatic rings. The topological polar surface area (TPSA) is 43.4 Å². The smallest absolute Gasteiger partial charge is 0.203 e. The predicted octanol–water partition coefficient (Wildman–Crippen LogP) is 7.75. The second-order valence-corrected chi connectivity index (χ2v) is 12.4. The molecule has 170 valence electrons. The Hall–Kier alpha value is -3.38. The highest BCUT2D eigenvalue weighted by molar-refractivity contribution is 8.33. The highest BCUT2D eigenvalue weighted by atomic mass is 32.3. The van der Waals surface area contributed by atoms with E-state index < -0.39 is 20.4 Å². The van der Waals surface area contributed by atoms with Crippen molar-refractivity contribution < 1.29 is 12.0 Å². The monoisotopic (exact) mass is 484 g/mol. The molecule has 0 saturated heterocycles. The van der Waals surface area contributed by atoms with Crippen LogP contribution >= 0.6 is 10.3 Å². The molecule has 3 nitrogen and oxygen atoms in total. The van der Waals surface area contributed by atoms with E-state index in [2.05, 4.69) is 0 Å². The van der Waals surface area contributed by atoms with Crippen molar-refractivity contribution in [3.8, 4) is 0 Å². The Labute approximate surface area is 202 Å². The molecule has 34 heavy (non-hydrogen) atoms. The molecule has 0 aliphatic heterocycles. The van der Waals surface area contributed by atoms with Gasteiger partial charge in [0.1, 0.15) is 0 Å². The van der Waals surface area contributed by atoms with E-state index in [1.807, 2.05) is 110 Å². The molecule has 0 amide bonds. The highest BCUT2D eigenvalue weighted by Gasteiger charge is 2.39. The van der Waals surface area contributed by atoms with Crippen molar-refractivity contribution in [2.45, 2.75) is 26.5 Å². The number of benzene rings is 5. The third-order valence-corrected chi connectivity index (χ3v) is 10.9. The molecule has 0 fully saturated rings. The third-order valence-electron chi connectivity index (χ3n) is 5.71. The van der Waals surface area contributed by atoms with Crippen molar-refractivity contribution >= 4 is 31.2 Å². The second kappa shape index (κ2) is 9.11. The first-order valence-electron chi connectivity index (χ1n) is 10.9. The van der Waals surface area contributed by atoms with Crippen molar-refractivity contribution in [3.05, 3.63) is 133 Å². The summed E-state index contributed by atoms with van der Waals surface area (Å²) in [6.45, 7) is 1.93. The minimum absolute atomic E-state index is 0.141. The fraction of sp³-hybridized carbons (Fsp3) is 0.0345. The Bertz CT molecular complexity index is 1480.